The largest absolute Gasteiger partial charge is 0.480 e. The Labute approximate surface area is 118 Å². The van der Waals surface area contributed by atoms with E-state index in [0.29, 0.717) is 30.0 Å². The van der Waals surface area contributed by atoms with Crippen LogP contribution in [0, 0.1) is 0 Å². The summed E-state index contributed by atoms with van der Waals surface area (Å²) in [6, 6.07) is 0. The first-order valence-corrected chi connectivity index (χ1v) is 6.96. The molecule has 3 rings (SSSR count). The highest BCUT2D eigenvalue weighted by atomic mass is 32.1. The predicted molar refractivity (Wildman–Crippen MR) is 75.2 cm³/mol. The smallest absolute Gasteiger partial charge is 0.264 e. The van der Waals surface area contributed by atoms with Gasteiger partial charge in [-0.05, 0) is 18.5 Å². The number of ether oxygens (including phenoxy) is 1. The van der Waals surface area contributed by atoms with E-state index in [2.05, 4.69) is 14.5 Å². The molecule has 0 aliphatic rings. The minimum Gasteiger partial charge on any atom is -0.480 e. The molecule has 104 valence electrons. The topological polar surface area (TPSA) is 74.8 Å². The van der Waals surface area contributed by atoms with Gasteiger partial charge in [-0.3, -0.25) is 9.36 Å². The van der Waals surface area contributed by atoms with Crippen molar-refractivity contribution in [1.29, 1.82) is 0 Å². The molecule has 0 unspecified atom stereocenters. The summed E-state index contributed by atoms with van der Waals surface area (Å²) in [5, 5.41) is 6.54. The van der Waals surface area contributed by atoms with E-state index in [1.807, 2.05) is 12.3 Å². The first-order chi connectivity index (χ1) is 9.74. The zero-order chi connectivity index (χ0) is 14.1. The van der Waals surface area contributed by atoms with Crippen molar-refractivity contribution in [2.45, 2.75) is 20.0 Å². The number of hydrogen-bond acceptors (Lipinski definition) is 6. The highest BCUT2D eigenvalue weighted by Gasteiger charge is 2.12. The van der Waals surface area contributed by atoms with Gasteiger partial charge in [0.1, 0.15) is 11.7 Å². The maximum Gasteiger partial charge on any atom is 0.264 e. The fourth-order valence-corrected chi connectivity index (χ4v) is 2.69. The van der Waals surface area contributed by atoms with E-state index in [-0.39, 0.29) is 5.56 Å². The van der Waals surface area contributed by atoms with Crippen LogP contribution in [0.2, 0.25) is 0 Å². The summed E-state index contributed by atoms with van der Waals surface area (Å²) < 4.78 is 12.5. The molecule has 0 saturated carbocycles. The normalized spacial score (nSPS) is 11.1. The molecule has 8 heteroatoms. The Hall–Kier alpha value is -2.22. The summed E-state index contributed by atoms with van der Waals surface area (Å²) in [6.07, 6.45) is 3.10. The van der Waals surface area contributed by atoms with Crippen LogP contribution < -0.4 is 10.3 Å². The molecule has 7 nitrogen and oxygen atoms in total. The Kier molecular flexibility index (Phi) is 3.23. The molecule has 3 aromatic rings. The maximum absolute atomic E-state index is 12.4. The molecule has 3 heterocycles. The molecule has 0 N–H and O–H groups in total. The van der Waals surface area contributed by atoms with E-state index >= 15 is 0 Å². The fraction of sp³-hybridized carbons (Fsp3) is 0.333. The second kappa shape index (κ2) is 5.04. The molecule has 0 aliphatic carbocycles. The Bertz CT molecular complexity index is 804. The number of rotatable bonds is 4. The molecule has 0 spiro atoms. The van der Waals surface area contributed by atoms with Crippen LogP contribution in [0.5, 0.6) is 5.88 Å². The number of fused-ring (bicyclic) bond motifs is 1. The monoisotopic (exact) mass is 291 g/mol. The van der Waals surface area contributed by atoms with Crippen molar-refractivity contribution in [3.63, 3.8) is 0 Å². The van der Waals surface area contributed by atoms with E-state index in [9.17, 15) is 4.79 Å². The van der Waals surface area contributed by atoms with E-state index in [0.717, 1.165) is 5.56 Å². The zero-order valence-electron chi connectivity index (χ0n) is 11.1. The van der Waals surface area contributed by atoms with Crippen molar-refractivity contribution >= 4 is 22.6 Å². The van der Waals surface area contributed by atoms with Gasteiger partial charge < -0.3 is 4.74 Å². The lowest BCUT2D eigenvalue weighted by atomic mass is 10.3. The summed E-state index contributed by atoms with van der Waals surface area (Å²) in [4.78, 5) is 16.7. The van der Waals surface area contributed by atoms with E-state index in [4.69, 9.17) is 4.74 Å². The van der Waals surface area contributed by atoms with Crippen molar-refractivity contribution in [1.82, 2.24) is 23.7 Å². The van der Waals surface area contributed by atoms with Crippen LogP contribution in [0.25, 0.3) is 11.0 Å². The van der Waals surface area contributed by atoms with Crippen LogP contribution in [0.15, 0.2) is 22.7 Å². The van der Waals surface area contributed by atoms with E-state index < -0.39 is 0 Å². The van der Waals surface area contributed by atoms with E-state index in [1.165, 1.54) is 22.4 Å². The lowest BCUT2D eigenvalue weighted by Gasteiger charge is -2.05. The summed E-state index contributed by atoms with van der Waals surface area (Å²) in [7, 11) is 1.56. The summed E-state index contributed by atoms with van der Waals surface area (Å²) in [5.74, 6) is 0.547. The third-order valence-corrected chi connectivity index (χ3v) is 3.72. The Balaban J connectivity index is 2.05. The van der Waals surface area contributed by atoms with Gasteiger partial charge in [0.05, 0.1) is 19.9 Å². The first-order valence-electron chi connectivity index (χ1n) is 6.12. The molecule has 0 aliphatic heterocycles. The van der Waals surface area contributed by atoms with Crippen LogP contribution in [0.1, 0.15) is 12.5 Å². The van der Waals surface area contributed by atoms with Crippen LogP contribution in [0.3, 0.4) is 0 Å². The van der Waals surface area contributed by atoms with Gasteiger partial charge in [0, 0.05) is 17.5 Å². The second-order valence-electron chi connectivity index (χ2n) is 4.22. The van der Waals surface area contributed by atoms with Gasteiger partial charge in [0.25, 0.3) is 5.56 Å². The molecule has 0 fully saturated rings. The third kappa shape index (κ3) is 1.97. The van der Waals surface area contributed by atoms with Gasteiger partial charge in [-0.1, -0.05) is 0 Å². The lowest BCUT2D eigenvalue weighted by Crippen LogP contribution is -2.21. The van der Waals surface area contributed by atoms with Gasteiger partial charge >= 0.3 is 0 Å². The van der Waals surface area contributed by atoms with Crippen LogP contribution >= 0.6 is 11.5 Å². The van der Waals surface area contributed by atoms with Crippen molar-refractivity contribution in [3.8, 4) is 5.88 Å². The first kappa shape index (κ1) is 12.8. The van der Waals surface area contributed by atoms with E-state index in [1.54, 1.807) is 18.0 Å². The Morgan fingerprint density at radius 3 is 3.05 bits per heavy atom. The summed E-state index contributed by atoms with van der Waals surface area (Å²) in [6.45, 7) is 3.03. The highest BCUT2D eigenvalue weighted by Crippen LogP contribution is 2.19. The molecule has 0 bridgehead atoms. The number of aryl methyl sites for hydroxylation is 1. The summed E-state index contributed by atoms with van der Waals surface area (Å²) >= 11 is 1.30. The Morgan fingerprint density at radius 1 is 1.45 bits per heavy atom. The van der Waals surface area contributed by atoms with Crippen LogP contribution in [-0.4, -0.2) is 30.8 Å². The van der Waals surface area contributed by atoms with Crippen LogP contribution in [0.4, 0.5) is 0 Å². The standard InChI is InChI=1S/C12H13N5O2S/c1-3-17-10-9(4-14-17)12(18)16(7-13-10)5-8-6-20-15-11(8)19-2/h4,6-7H,3,5H2,1-2H3. The van der Waals surface area contributed by atoms with Crippen molar-refractivity contribution in [2.24, 2.45) is 0 Å². The molecule has 20 heavy (non-hydrogen) atoms. The number of hydrogen-bond donors (Lipinski definition) is 0. The fourth-order valence-electron chi connectivity index (χ4n) is 2.05. The lowest BCUT2D eigenvalue weighted by molar-refractivity contribution is 0.396. The minimum atomic E-state index is -0.108. The molecular formula is C12H13N5O2S. The van der Waals surface area contributed by atoms with Gasteiger partial charge in [-0.2, -0.15) is 9.47 Å². The van der Waals surface area contributed by atoms with Crippen LogP contribution in [-0.2, 0) is 13.1 Å². The molecular weight excluding hydrogens is 278 g/mol. The molecule has 0 radical (unpaired) electrons. The number of nitrogens with zero attached hydrogens (tertiary/aromatic N) is 5. The molecule has 0 atom stereocenters. The number of aromatic nitrogens is 5. The molecule has 0 saturated heterocycles. The van der Waals surface area contributed by atoms with Crippen molar-refractivity contribution < 1.29 is 4.74 Å². The predicted octanol–water partition coefficient (Wildman–Crippen LogP) is 1.13. The maximum atomic E-state index is 12.4. The Morgan fingerprint density at radius 2 is 2.30 bits per heavy atom. The van der Waals surface area contributed by atoms with Gasteiger partial charge in [0.15, 0.2) is 5.65 Å². The van der Waals surface area contributed by atoms with Crippen molar-refractivity contribution in [2.75, 3.05) is 7.11 Å². The number of methoxy groups -OCH3 is 1. The SMILES string of the molecule is CCn1ncc2c(=O)n(Cc3csnc3OC)cnc21. The quantitative estimate of drug-likeness (QED) is 0.720. The molecule has 3 aromatic heterocycles. The minimum absolute atomic E-state index is 0.108. The van der Waals surface area contributed by atoms with Gasteiger partial charge in [-0.25, -0.2) is 9.67 Å². The summed E-state index contributed by atoms with van der Waals surface area (Å²) in [5.41, 5.74) is 1.37. The average Bonchev–Trinajstić information content (AvgIpc) is 3.08. The molecule has 0 aromatic carbocycles. The molecule has 0 amide bonds. The average molecular weight is 291 g/mol. The zero-order valence-corrected chi connectivity index (χ0v) is 11.9. The van der Waals surface area contributed by atoms with Gasteiger partial charge in [0.2, 0.25) is 5.88 Å². The van der Waals surface area contributed by atoms with Gasteiger partial charge in [-0.15, -0.1) is 0 Å². The second-order valence-corrected chi connectivity index (χ2v) is 4.85. The van der Waals surface area contributed by atoms with Crippen molar-refractivity contribution in [3.05, 3.63) is 33.8 Å². The third-order valence-electron chi connectivity index (χ3n) is 3.06. The highest BCUT2D eigenvalue weighted by molar-refractivity contribution is 7.03.